The van der Waals surface area contributed by atoms with Crippen LogP contribution < -0.4 is 10.0 Å². The molecule has 0 bridgehead atoms. The van der Waals surface area contributed by atoms with E-state index in [0.29, 0.717) is 23.2 Å². The highest BCUT2D eigenvalue weighted by atomic mass is 32.1. The standard InChI is InChI=1S/C40H30N6S/c41-35-34-30-18-10-11-19-33(30)42-36(27-14-6-2-7-15-27)31(34)24-32(37(35)46-47)40-44-38(28-16-8-3-9-17-28)43-39(45-40)29-22-20-26(21-23-29)25-12-4-1-5-13-25/h1-24,36-37,41-42,46-47H. The van der Waals surface area contributed by atoms with E-state index in [1.165, 1.54) is 0 Å². The summed E-state index contributed by atoms with van der Waals surface area (Å²) in [5, 5.41) is 13.3. The number of hydrogen-bond donors (Lipinski definition) is 4. The van der Waals surface area contributed by atoms with Crippen molar-refractivity contribution >= 4 is 35.4 Å². The fourth-order valence-electron chi connectivity index (χ4n) is 6.40. The number of nitrogens with zero attached hydrogens (tertiary/aromatic N) is 3. The summed E-state index contributed by atoms with van der Waals surface area (Å²) in [5.74, 6) is 1.62. The Bertz CT molecular complexity index is 2160. The summed E-state index contributed by atoms with van der Waals surface area (Å²) >= 11 is 4.55. The quantitative estimate of drug-likeness (QED) is 0.139. The second-order valence-electron chi connectivity index (χ2n) is 11.6. The lowest BCUT2D eigenvalue weighted by molar-refractivity contribution is 0.901. The molecule has 2 unspecified atom stereocenters. The number of benzene rings is 5. The number of para-hydroxylation sites is 1. The summed E-state index contributed by atoms with van der Waals surface area (Å²) in [6.45, 7) is 0. The van der Waals surface area contributed by atoms with Crippen LogP contribution >= 0.6 is 12.8 Å². The van der Waals surface area contributed by atoms with Gasteiger partial charge in [0, 0.05) is 33.5 Å². The maximum atomic E-state index is 9.57. The van der Waals surface area contributed by atoms with Gasteiger partial charge in [-0.1, -0.05) is 146 Å². The molecule has 6 nitrogen and oxygen atoms in total. The molecule has 1 aliphatic heterocycles. The van der Waals surface area contributed by atoms with Crippen molar-refractivity contribution in [1.29, 1.82) is 5.41 Å². The number of aromatic nitrogens is 3. The number of thiol groups is 1. The second kappa shape index (κ2) is 12.3. The van der Waals surface area contributed by atoms with Crippen LogP contribution in [0.3, 0.4) is 0 Å². The number of fused-ring (bicyclic) bond motifs is 2. The van der Waals surface area contributed by atoms with Crippen molar-refractivity contribution in [3.05, 3.63) is 168 Å². The fourth-order valence-corrected chi connectivity index (χ4v) is 6.66. The van der Waals surface area contributed by atoms with Gasteiger partial charge < -0.3 is 10.7 Å². The van der Waals surface area contributed by atoms with Crippen LogP contribution in [0, 0.1) is 5.41 Å². The summed E-state index contributed by atoms with van der Waals surface area (Å²) in [4.78, 5) is 15.0. The van der Waals surface area contributed by atoms with Crippen molar-refractivity contribution < 1.29 is 0 Å². The van der Waals surface area contributed by atoms with Gasteiger partial charge in [-0.3, -0.25) is 4.72 Å². The molecule has 2 atom stereocenters. The summed E-state index contributed by atoms with van der Waals surface area (Å²) < 4.78 is 3.11. The zero-order chi connectivity index (χ0) is 31.7. The van der Waals surface area contributed by atoms with Gasteiger partial charge in [0.25, 0.3) is 0 Å². The third kappa shape index (κ3) is 5.35. The fraction of sp³-hybridized carbons (Fsp3) is 0.0500. The molecule has 47 heavy (non-hydrogen) atoms. The Morgan fingerprint density at radius 2 is 1.09 bits per heavy atom. The van der Waals surface area contributed by atoms with E-state index in [-0.39, 0.29) is 6.04 Å². The Morgan fingerprint density at radius 3 is 1.74 bits per heavy atom. The minimum absolute atomic E-state index is 0.169. The summed E-state index contributed by atoms with van der Waals surface area (Å²) in [6, 6.07) is 46.3. The monoisotopic (exact) mass is 626 g/mol. The number of nitrogens with one attached hydrogen (secondary N) is 3. The van der Waals surface area contributed by atoms with Crippen molar-refractivity contribution in [1.82, 2.24) is 19.7 Å². The molecule has 0 fully saturated rings. The van der Waals surface area contributed by atoms with Gasteiger partial charge in [0.1, 0.15) is 0 Å². The van der Waals surface area contributed by atoms with Crippen LogP contribution in [-0.4, -0.2) is 26.7 Å². The third-order valence-corrected chi connectivity index (χ3v) is 8.97. The van der Waals surface area contributed by atoms with E-state index in [2.05, 4.69) is 89.6 Å². The Morgan fingerprint density at radius 1 is 0.574 bits per heavy atom. The molecule has 1 aliphatic carbocycles. The molecule has 8 rings (SSSR count). The van der Waals surface area contributed by atoms with Crippen molar-refractivity contribution in [3.63, 3.8) is 0 Å². The normalized spacial score (nSPS) is 17.0. The summed E-state index contributed by atoms with van der Waals surface area (Å²) in [5.41, 5.74) is 10.2. The lowest BCUT2D eigenvalue weighted by atomic mass is 9.76. The smallest absolute Gasteiger partial charge is 0.164 e. The van der Waals surface area contributed by atoms with Gasteiger partial charge in [-0.15, -0.1) is 0 Å². The highest BCUT2D eigenvalue weighted by Crippen LogP contribution is 2.46. The maximum Gasteiger partial charge on any atom is 0.164 e. The van der Waals surface area contributed by atoms with Gasteiger partial charge in [-0.2, -0.15) is 0 Å². The van der Waals surface area contributed by atoms with E-state index in [1.807, 2.05) is 78.9 Å². The summed E-state index contributed by atoms with van der Waals surface area (Å²) in [6.07, 6.45) is 2.13. The van der Waals surface area contributed by atoms with E-state index in [1.54, 1.807) is 0 Å². The first-order valence-corrected chi connectivity index (χ1v) is 16.0. The lowest BCUT2D eigenvalue weighted by Gasteiger charge is -2.37. The van der Waals surface area contributed by atoms with E-state index < -0.39 is 6.04 Å². The van der Waals surface area contributed by atoms with E-state index >= 15 is 0 Å². The Hall–Kier alpha value is -5.63. The zero-order valence-electron chi connectivity index (χ0n) is 25.3. The molecule has 1 aromatic heterocycles. The minimum Gasteiger partial charge on any atom is -0.374 e. The van der Waals surface area contributed by atoms with Gasteiger partial charge in [0.05, 0.1) is 17.8 Å². The highest BCUT2D eigenvalue weighted by Gasteiger charge is 2.37. The second-order valence-corrected chi connectivity index (χ2v) is 11.8. The van der Waals surface area contributed by atoms with Crippen LogP contribution in [0.4, 0.5) is 5.69 Å². The van der Waals surface area contributed by atoms with Crippen LogP contribution in [0.5, 0.6) is 0 Å². The molecule has 5 aromatic carbocycles. The molecular weight excluding hydrogens is 597 g/mol. The molecule has 7 heteroatoms. The van der Waals surface area contributed by atoms with E-state index in [4.69, 9.17) is 15.0 Å². The number of anilines is 1. The average molecular weight is 627 g/mol. The predicted molar refractivity (Wildman–Crippen MR) is 194 cm³/mol. The van der Waals surface area contributed by atoms with Crippen LogP contribution in [0.15, 0.2) is 151 Å². The SMILES string of the molecule is N=C1C2=C(C=C(c3nc(-c4ccccc4)nc(-c4ccc(-c5ccccc5)cc4)n3)C1NS)C(c1ccccc1)Nc1ccccc12. The van der Waals surface area contributed by atoms with Crippen LogP contribution in [0.25, 0.3) is 45.0 Å². The molecule has 0 amide bonds. The molecule has 2 heterocycles. The number of rotatable bonds is 6. The molecule has 0 spiro atoms. The molecule has 2 aliphatic rings. The minimum atomic E-state index is -0.556. The van der Waals surface area contributed by atoms with E-state index in [9.17, 15) is 5.41 Å². The van der Waals surface area contributed by atoms with Crippen LogP contribution in [0.1, 0.15) is 23.0 Å². The molecule has 0 saturated carbocycles. The molecular formula is C40H30N6S. The topological polar surface area (TPSA) is 86.6 Å². The molecule has 0 radical (unpaired) electrons. The van der Waals surface area contributed by atoms with Crippen molar-refractivity contribution in [3.8, 4) is 33.9 Å². The first kappa shape index (κ1) is 28.8. The first-order valence-electron chi connectivity index (χ1n) is 15.5. The molecule has 226 valence electrons. The van der Waals surface area contributed by atoms with Gasteiger partial charge in [-0.25, -0.2) is 15.0 Å². The lowest BCUT2D eigenvalue weighted by Crippen LogP contribution is -2.38. The van der Waals surface area contributed by atoms with Gasteiger partial charge in [-0.05, 0) is 34.4 Å². The molecule has 6 aromatic rings. The van der Waals surface area contributed by atoms with Gasteiger partial charge >= 0.3 is 0 Å². The van der Waals surface area contributed by atoms with Crippen molar-refractivity contribution in [2.24, 2.45) is 0 Å². The molecule has 0 saturated heterocycles. The van der Waals surface area contributed by atoms with Gasteiger partial charge in [0.15, 0.2) is 17.5 Å². The largest absolute Gasteiger partial charge is 0.374 e. The average Bonchev–Trinajstić information content (AvgIpc) is 3.15. The van der Waals surface area contributed by atoms with Crippen LogP contribution in [-0.2, 0) is 0 Å². The van der Waals surface area contributed by atoms with Crippen LogP contribution in [0.2, 0.25) is 0 Å². The Balaban J connectivity index is 1.31. The zero-order valence-corrected chi connectivity index (χ0v) is 26.2. The third-order valence-electron chi connectivity index (χ3n) is 8.71. The maximum absolute atomic E-state index is 9.57. The Kier molecular flexibility index (Phi) is 7.53. The van der Waals surface area contributed by atoms with E-state index in [0.717, 1.165) is 55.8 Å². The number of hydrogen-bond acceptors (Lipinski definition) is 7. The van der Waals surface area contributed by atoms with Crippen molar-refractivity contribution in [2.75, 3.05) is 5.32 Å². The van der Waals surface area contributed by atoms with Gasteiger partial charge in [0.2, 0.25) is 0 Å². The predicted octanol–water partition coefficient (Wildman–Crippen LogP) is 8.71. The van der Waals surface area contributed by atoms with Crippen molar-refractivity contribution in [2.45, 2.75) is 12.1 Å². The summed E-state index contributed by atoms with van der Waals surface area (Å²) in [7, 11) is 0. The Labute approximate surface area is 279 Å². The first-order chi connectivity index (χ1) is 23.2. The highest BCUT2D eigenvalue weighted by molar-refractivity contribution is 7.78. The molecule has 3 N–H and O–H groups in total.